The lowest BCUT2D eigenvalue weighted by Gasteiger charge is -2.35. The van der Waals surface area contributed by atoms with Gasteiger partial charge in [-0.05, 0) is 64.8 Å². The van der Waals surface area contributed by atoms with Gasteiger partial charge >= 0.3 is 12.4 Å². The van der Waals surface area contributed by atoms with Crippen molar-refractivity contribution >= 4 is 0 Å². The fourth-order valence-corrected chi connectivity index (χ4v) is 5.42. The maximum absolute atomic E-state index is 12.6. The van der Waals surface area contributed by atoms with Crippen molar-refractivity contribution in [1.82, 2.24) is 19.8 Å². The van der Waals surface area contributed by atoms with E-state index in [9.17, 15) is 26.3 Å². The molecule has 0 aliphatic carbocycles. The van der Waals surface area contributed by atoms with Crippen molar-refractivity contribution in [2.75, 3.05) is 26.3 Å². The summed E-state index contributed by atoms with van der Waals surface area (Å²) in [5.74, 6) is 0.361. The molecule has 2 atom stereocenters. The molecule has 0 bridgehead atoms. The fraction of sp³-hybridized carbons (Fsp3) is 0.615. The van der Waals surface area contributed by atoms with Gasteiger partial charge in [-0.1, -0.05) is 0 Å². The third kappa shape index (κ3) is 7.28. The van der Waals surface area contributed by atoms with Crippen LogP contribution in [0.2, 0.25) is 0 Å². The Hall–Kier alpha value is -2.60. The number of nitrogens with zero attached hydrogens (tertiary/aromatic N) is 4. The first-order valence-electron chi connectivity index (χ1n) is 12.7. The summed E-state index contributed by atoms with van der Waals surface area (Å²) in [7, 11) is 0. The highest BCUT2D eigenvalue weighted by atomic mass is 19.4. The van der Waals surface area contributed by atoms with E-state index in [4.69, 9.17) is 9.47 Å². The van der Waals surface area contributed by atoms with Gasteiger partial charge in [0.05, 0.1) is 11.4 Å². The second-order valence-corrected chi connectivity index (χ2v) is 9.93. The molecule has 0 saturated carbocycles. The van der Waals surface area contributed by atoms with Crippen LogP contribution in [0, 0.1) is 13.8 Å². The van der Waals surface area contributed by atoms with Gasteiger partial charge in [-0.2, -0.15) is 26.3 Å². The van der Waals surface area contributed by atoms with Crippen LogP contribution in [0.5, 0.6) is 11.5 Å². The van der Waals surface area contributed by atoms with Crippen molar-refractivity contribution in [3.05, 3.63) is 47.0 Å². The van der Waals surface area contributed by atoms with Gasteiger partial charge in [-0.3, -0.25) is 19.8 Å². The topological polar surface area (TPSA) is 50.7 Å². The predicted molar refractivity (Wildman–Crippen MR) is 128 cm³/mol. The van der Waals surface area contributed by atoms with Gasteiger partial charge in [0, 0.05) is 48.7 Å². The highest BCUT2D eigenvalue weighted by molar-refractivity contribution is 5.35. The molecule has 2 fully saturated rings. The molecule has 0 radical (unpaired) electrons. The number of halogens is 6. The summed E-state index contributed by atoms with van der Waals surface area (Å²) >= 11 is 0. The van der Waals surface area contributed by atoms with Gasteiger partial charge in [-0.25, -0.2) is 0 Å². The molecular formula is C26H32F6N4O2. The molecule has 6 nitrogen and oxygen atoms in total. The maximum atomic E-state index is 12.6. The molecule has 0 spiro atoms. The summed E-state index contributed by atoms with van der Waals surface area (Å²) in [6.45, 7) is 3.45. The molecule has 0 aromatic carbocycles. The molecule has 12 heteroatoms. The molecule has 2 aliphatic rings. The average Bonchev–Trinajstić information content (AvgIpc) is 3.48. The SMILES string of the molecule is Cc1c(OCC(F)(F)F)ccnc1CN1CCC[C@H]1[C@@H]1CCCN1Cc1nccc(OCC(F)(F)F)c1C. The Morgan fingerprint density at radius 3 is 1.50 bits per heavy atom. The minimum Gasteiger partial charge on any atom is -0.484 e. The third-order valence-corrected chi connectivity index (χ3v) is 7.28. The van der Waals surface area contributed by atoms with E-state index in [1.165, 1.54) is 24.5 Å². The first-order chi connectivity index (χ1) is 17.9. The summed E-state index contributed by atoms with van der Waals surface area (Å²) in [5.41, 5.74) is 2.57. The Labute approximate surface area is 217 Å². The summed E-state index contributed by atoms with van der Waals surface area (Å²) < 4.78 is 85.8. The third-order valence-electron chi connectivity index (χ3n) is 7.28. The van der Waals surface area contributed by atoms with Crippen LogP contribution >= 0.6 is 0 Å². The molecule has 38 heavy (non-hydrogen) atoms. The lowest BCUT2D eigenvalue weighted by Crippen LogP contribution is -2.45. The quantitative estimate of drug-likeness (QED) is 0.382. The van der Waals surface area contributed by atoms with Crippen LogP contribution in [-0.4, -0.2) is 70.5 Å². The van der Waals surface area contributed by atoms with Crippen molar-refractivity contribution < 1.29 is 35.8 Å². The molecule has 0 unspecified atom stereocenters. The normalized spacial score (nSPS) is 21.3. The van der Waals surface area contributed by atoms with Gasteiger partial charge in [0.25, 0.3) is 0 Å². The molecule has 210 valence electrons. The number of ether oxygens (including phenoxy) is 2. The fourth-order valence-electron chi connectivity index (χ4n) is 5.42. The highest BCUT2D eigenvalue weighted by Crippen LogP contribution is 2.34. The largest absolute Gasteiger partial charge is 0.484 e. The standard InChI is InChI=1S/C26H32F6N4O2/c1-17-19(33-9-7-23(17)37-15-25(27,28)29)13-35-11-3-5-21(35)22-6-4-12-36(22)14-20-18(2)24(8-10-34-20)38-16-26(30,31)32/h7-10,21-22H,3-6,11-16H2,1-2H3/t21-,22-/m0/s1. The molecule has 0 amide bonds. The van der Waals surface area contributed by atoms with Crippen molar-refractivity contribution in [3.63, 3.8) is 0 Å². The Morgan fingerprint density at radius 1 is 0.737 bits per heavy atom. The molecule has 2 aromatic rings. The van der Waals surface area contributed by atoms with Gasteiger partial charge < -0.3 is 9.47 Å². The van der Waals surface area contributed by atoms with E-state index >= 15 is 0 Å². The minimum absolute atomic E-state index is 0.180. The zero-order valence-corrected chi connectivity index (χ0v) is 21.4. The second kappa shape index (κ2) is 11.6. The van der Waals surface area contributed by atoms with E-state index in [0.29, 0.717) is 35.6 Å². The van der Waals surface area contributed by atoms with Crippen LogP contribution in [-0.2, 0) is 13.1 Å². The molecule has 4 rings (SSSR count). The highest BCUT2D eigenvalue weighted by Gasteiger charge is 2.38. The van der Waals surface area contributed by atoms with E-state index < -0.39 is 25.6 Å². The number of hydrogen-bond acceptors (Lipinski definition) is 6. The van der Waals surface area contributed by atoms with Crippen LogP contribution in [0.4, 0.5) is 26.3 Å². The zero-order chi connectivity index (χ0) is 27.5. The Kier molecular flexibility index (Phi) is 8.71. The summed E-state index contributed by atoms with van der Waals surface area (Å²) in [5, 5.41) is 0. The monoisotopic (exact) mass is 546 g/mol. The molecular weight excluding hydrogens is 514 g/mol. The smallest absolute Gasteiger partial charge is 0.422 e. The van der Waals surface area contributed by atoms with Crippen molar-refractivity contribution in [2.45, 2.75) is 77.1 Å². The zero-order valence-electron chi connectivity index (χ0n) is 21.4. The molecule has 2 aromatic heterocycles. The van der Waals surface area contributed by atoms with E-state index in [1.807, 2.05) is 0 Å². The van der Waals surface area contributed by atoms with Gasteiger partial charge in [0.15, 0.2) is 13.2 Å². The van der Waals surface area contributed by atoms with Crippen LogP contribution in [0.3, 0.4) is 0 Å². The van der Waals surface area contributed by atoms with E-state index in [0.717, 1.165) is 38.8 Å². The number of rotatable bonds is 9. The van der Waals surface area contributed by atoms with E-state index in [1.54, 1.807) is 13.8 Å². The molecule has 2 saturated heterocycles. The number of pyridine rings is 2. The van der Waals surface area contributed by atoms with E-state index in [2.05, 4.69) is 19.8 Å². The first-order valence-corrected chi connectivity index (χ1v) is 12.7. The number of aromatic nitrogens is 2. The lowest BCUT2D eigenvalue weighted by atomic mass is 10.0. The van der Waals surface area contributed by atoms with Crippen molar-refractivity contribution in [3.8, 4) is 11.5 Å². The Morgan fingerprint density at radius 2 is 1.13 bits per heavy atom. The Balaban J connectivity index is 1.44. The van der Waals surface area contributed by atoms with Crippen molar-refractivity contribution in [2.24, 2.45) is 0 Å². The van der Waals surface area contributed by atoms with Crippen LogP contribution < -0.4 is 9.47 Å². The molecule has 2 aliphatic heterocycles. The number of alkyl halides is 6. The summed E-state index contributed by atoms with van der Waals surface area (Å²) in [6, 6.07) is 3.35. The number of hydrogen-bond donors (Lipinski definition) is 0. The summed E-state index contributed by atoms with van der Waals surface area (Å²) in [4.78, 5) is 13.5. The van der Waals surface area contributed by atoms with Gasteiger partial charge in [0.2, 0.25) is 0 Å². The van der Waals surface area contributed by atoms with Crippen LogP contribution in [0.1, 0.15) is 48.2 Å². The van der Waals surface area contributed by atoms with Gasteiger partial charge in [-0.15, -0.1) is 0 Å². The first kappa shape index (κ1) is 28.4. The van der Waals surface area contributed by atoms with Crippen molar-refractivity contribution in [1.29, 1.82) is 0 Å². The second-order valence-electron chi connectivity index (χ2n) is 9.93. The van der Waals surface area contributed by atoms with E-state index in [-0.39, 0.29) is 23.6 Å². The molecule has 0 N–H and O–H groups in total. The van der Waals surface area contributed by atoms with Crippen LogP contribution in [0.25, 0.3) is 0 Å². The van der Waals surface area contributed by atoms with Crippen LogP contribution in [0.15, 0.2) is 24.5 Å². The minimum atomic E-state index is -4.42. The number of likely N-dealkylation sites (tertiary alicyclic amines) is 2. The molecule has 4 heterocycles. The maximum Gasteiger partial charge on any atom is 0.422 e. The Bertz CT molecular complexity index is 1010. The average molecular weight is 547 g/mol. The predicted octanol–water partition coefficient (Wildman–Crippen LogP) is 5.60. The lowest BCUT2D eigenvalue weighted by molar-refractivity contribution is -0.154. The summed E-state index contributed by atoms with van der Waals surface area (Å²) in [6.07, 6.45) is -1.94. The van der Waals surface area contributed by atoms with Gasteiger partial charge in [0.1, 0.15) is 11.5 Å².